The van der Waals surface area contributed by atoms with Crippen LogP contribution in [0.2, 0.25) is 0 Å². The van der Waals surface area contributed by atoms with Crippen LogP contribution in [0.3, 0.4) is 0 Å². The third-order valence-corrected chi connectivity index (χ3v) is 7.29. The topological polar surface area (TPSA) is 51.5 Å². The van der Waals surface area contributed by atoms with E-state index in [1.165, 1.54) is 16.7 Å². The number of hydrogen-bond donors (Lipinski definition) is 1. The van der Waals surface area contributed by atoms with Gasteiger partial charge in [-0.15, -0.1) is 0 Å². The second-order valence-corrected chi connectivity index (χ2v) is 10.3. The van der Waals surface area contributed by atoms with E-state index in [1.807, 2.05) is 18.2 Å². The Morgan fingerprint density at radius 1 is 1.03 bits per heavy atom. The molecule has 3 aromatic rings. The van der Waals surface area contributed by atoms with E-state index in [-0.39, 0.29) is 23.2 Å². The summed E-state index contributed by atoms with van der Waals surface area (Å²) < 4.78 is 11.5. The van der Waals surface area contributed by atoms with Gasteiger partial charge in [0.05, 0.1) is 12.9 Å². The highest BCUT2D eigenvalue weighted by Crippen LogP contribution is 2.44. The molecule has 180 valence electrons. The molecule has 4 heteroatoms. The number of aryl methyl sites for hydroxylation is 1. The van der Waals surface area contributed by atoms with Crippen molar-refractivity contribution >= 4 is 5.91 Å². The van der Waals surface area contributed by atoms with Gasteiger partial charge in [-0.1, -0.05) is 74.0 Å². The zero-order valence-corrected chi connectivity index (χ0v) is 20.6. The summed E-state index contributed by atoms with van der Waals surface area (Å²) in [6, 6.07) is 23.0. The molecule has 1 N–H and O–H groups in total. The van der Waals surface area contributed by atoms with Crippen LogP contribution in [-0.4, -0.2) is 25.7 Å². The summed E-state index contributed by atoms with van der Waals surface area (Å²) in [6.45, 7) is 8.73. The zero-order valence-electron chi connectivity index (χ0n) is 20.6. The van der Waals surface area contributed by atoms with Crippen LogP contribution in [0.4, 0.5) is 0 Å². The first kappa shape index (κ1) is 24.3. The third-order valence-electron chi connectivity index (χ3n) is 7.29. The SMILES string of the molecule is Cc1ccc([C@H](CCNC(=O)C[C@@H](c2ccccc2)[C@H]2CCOCC2(C)C)c2ccco2)cc1. The van der Waals surface area contributed by atoms with Crippen LogP contribution in [0.25, 0.3) is 0 Å². The average Bonchev–Trinajstić information content (AvgIpc) is 3.36. The van der Waals surface area contributed by atoms with Gasteiger partial charge in [-0.3, -0.25) is 4.79 Å². The van der Waals surface area contributed by atoms with Gasteiger partial charge < -0.3 is 14.5 Å². The second-order valence-electron chi connectivity index (χ2n) is 10.3. The van der Waals surface area contributed by atoms with Gasteiger partial charge in [0.1, 0.15) is 5.76 Å². The van der Waals surface area contributed by atoms with E-state index < -0.39 is 0 Å². The maximum atomic E-state index is 13.2. The number of carbonyl (C=O) groups excluding carboxylic acids is 1. The van der Waals surface area contributed by atoms with Crippen molar-refractivity contribution in [3.8, 4) is 0 Å². The average molecular weight is 460 g/mol. The fraction of sp³-hybridized carbons (Fsp3) is 0.433. The minimum atomic E-state index is 0.0366. The molecule has 1 aliphatic rings. The van der Waals surface area contributed by atoms with Crippen molar-refractivity contribution in [2.75, 3.05) is 19.8 Å². The van der Waals surface area contributed by atoms with Gasteiger partial charge in [-0.2, -0.15) is 0 Å². The molecule has 0 aliphatic carbocycles. The standard InChI is InChI=1S/C30H37NO3/c1-22-11-13-24(14-12-22)25(28-10-7-18-34-28)15-17-31-29(32)20-26(23-8-5-4-6-9-23)27-16-19-33-21-30(27,2)3/h4-14,18,25-27H,15-17,19-21H2,1-3H3,(H,31,32)/t25-,26-,27+/m0/s1. The van der Waals surface area contributed by atoms with Gasteiger partial charge in [-0.05, 0) is 60.3 Å². The number of rotatable bonds is 9. The molecule has 0 bridgehead atoms. The van der Waals surface area contributed by atoms with Crippen molar-refractivity contribution in [2.24, 2.45) is 11.3 Å². The summed E-state index contributed by atoms with van der Waals surface area (Å²) in [7, 11) is 0. The van der Waals surface area contributed by atoms with Crippen LogP contribution in [0.5, 0.6) is 0 Å². The van der Waals surface area contributed by atoms with E-state index in [9.17, 15) is 4.79 Å². The Balaban J connectivity index is 1.42. The maximum Gasteiger partial charge on any atom is 0.220 e. The van der Waals surface area contributed by atoms with Gasteiger partial charge >= 0.3 is 0 Å². The van der Waals surface area contributed by atoms with E-state index >= 15 is 0 Å². The summed E-state index contributed by atoms with van der Waals surface area (Å²) >= 11 is 0. The second kappa shape index (κ2) is 11.1. The van der Waals surface area contributed by atoms with Crippen LogP contribution >= 0.6 is 0 Å². The molecule has 4 rings (SSSR count). The van der Waals surface area contributed by atoms with Crippen molar-refractivity contribution in [2.45, 2.75) is 51.9 Å². The highest BCUT2D eigenvalue weighted by atomic mass is 16.5. The van der Waals surface area contributed by atoms with Crippen molar-refractivity contribution < 1.29 is 13.9 Å². The lowest BCUT2D eigenvalue weighted by atomic mass is 9.66. The predicted molar refractivity (Wildman–Crippen MR) is 136 cm³/mol. The molecule has 0 unspecified atom stereocenters. The van der Waals surface area contributed by atoms with Crippen LogP contribution in [-0.2, 0) is 9.53 Å². The molecule has 3 atom stereocenters. The van der Waals surface area contributed by atoms with E-state index in [2.05, 4.69) is 74.6 Å². The molecule has 1 amide bonds. The lowest BCUT2D eigenvalue weighted by Gasteiger charge is -2.43. The number of amides is 1. The molecular weight excluding hydrogens is 422 g/mol. The molecule has 1 saturated heterocycles. The highest BCUT2D eigenvalue weighted by Gasteiger charge is 2.39. The monoisotopic (exact) mass is 459 g/mol. The van der Waals surface area contributed by atoms with Crippen LogP contribution in [0, 0.1) is 18.3 Å². The quantitative estimate of drug-likeness (QED) is 0.399. The third kappa shape index (κ3) is 5.98. The minimum absolute atomic E-state index is 0.0366. The van der Waals surface area contributed by atoms with Crippen LogP contribution in [0.1, 0.15) is 67.4 Å². The lowest BCUT2D eigenvalue weighted by Crippen LogP contribution is -2.40. The van der Waals surface area contributed by atoms with Crippen molar-refractivity contribution in [3.63, 3.8) is 0 Å². The number of ether oxygens (including phenoxy) is 1. The fourth-order valence-corrected chi connectivity index (χ4v) is 5.37. The summed E-state index contributed by atoms with van der Waals surface area (Å²) in [5.41, 5.74) is 3.72. The number of nitrogens with one attached hydrogen (secondary N) is 1. The Kier molecular flexibility index (Phi) is 7.89. The Morgan fingerprint density at radius 2 is 1.79 bits per heavy atom. The molecule has 2 heterocycles. The Morgan fingerprint density at radius 3 is 2.47 bits per heavy atom. The Hall–Kier alpha value is -2.85. The van der Waals surface area contributed by atoms with Crippen LogP contribution < -0.4 is 5.32 Å². The number of furan rings is 1. The number of hydrogen-bond acceptors (Lipinski definition) is 3. The van der Waals surface area contributed by atoms with Crippen LogP contribution in [0.15, 0.2) is 77.4 Å². The molecule has 0 spiro atoms. The summed E-state index contributed by atoms with van der Waals surface area (Å²) in [4.78, 5) is 13.2. The van der Waals surface area contributed by atoms with Crippen molar-refractivity contribution in [1.29, 1.82) is 0 Å². The van der Waals surface area contributed by atoms with Gasteiger partial charge in [0.2, 0.25) is 5.91 Å². The largest absolute Gasteiger partial charge is 0.469 e. The highest BCUT2D eigenvalue weighted by molar-refractivity contribution is 5.77. The summed E-state index contributed by atoms with van der Waals surface area (Å²) in [6.07, 6.45) is 3.98. The molecular formula is C30H37NO3. The van der Waals surface area contributed by atoms with E-state index in [1.54, 1.807) is 6.26 Å². The first-order chi connectivity index (χ1) is 16.4. The predicted octanol–water partition coefficient (Wildman–Crippen LogP) is 6.46. The van der Waals surface area contributed by atoms with Gasteiger partial charge in [0.25, 0.3) is 0 Å². The van der Waals surface area contributed by atoms with E-state index in [0.717, 1.165) is 31.8 Å². The maximum absolute atomic E-state index is 13.2. The fourth-order valence-electron chi connectivity index (χ4n) is 5.37. The first-order valence-electron chi connectivity index (χ1n) is 12.4. The normalized spacial score (nSPS) is 19.3. The minimum Gasteiger partial charge on any atom is -0.469 e. The molecule has 4 nitrogen and oxygen atoms in total. The van der Waals surface area contributed by atoms with Crippen molar-refractivity contribution in [3.05, 3.63) is 95.4 Å². The smallest absolute Gasteiger partial charge is 0.220 e. The van der Waals surface area contributed by atoms with Crippen molar-refractivity contribution in [1.82, 2.24) is 5.32 Å². The molecule has 1 fully saturated rings. The summed E-state index contributed by atoms with van der Waals surface area (Å²) in [5, 5.41) is 3.21. The number of carbonyl (C=O) groups is 1. The molecule has 2 aromatic carbocycles. The van der Waals surface area contributed by atoms with Gasteiger partial charge in [0.15, 0.2) is 0 Å². The van der Waals surface area contributed by atoms with E-state index in [4.69, 9.17) is 9.15 Å². The van der Waals surface area contributed by atoms with Gasteiger partial charge in [0, 0.05) is 25.5 Å². The molecule has 0 radical (unpaired) electrons. The molecule has 0 saturated carbocycles. The summed E-state index contributed by atoms with van der Waals surface area (Å²) in [5.74, 6) is 1.74. The van der Waals surface area contributed by atoms with Gasteiger partial charge in [-0.25, -0.2) is 0 Å². The lowest BCUT2D eigenvalue weighted by molar-refractivity contribution is -0.122. The Bertz CT molecular complexity index is 1020. The molecule has 1 aliphatic heterocycles. The first-order valence-corrected chi connectivity index (χ1v) is 12.4. The molecule has 34 heavy (non-hydrogen) atoms. The number of benzene rings is 2. The van der Waals surface area contributed by atoms with E-state index in [0.29, 0.717) is 18.9 Å². The molecule has 1 aromatic heterocycles. The Labute approximate surface area is 203 Å². The zero-order chi connectivity index (χ0) is 24.0.